The molecule has 124 valence electrons. The molecule has 2 aromatic rings. The highest BCUT2D eigenvalue weighted by Gasteiger charge is 2.21. The van der Waals surface area contributed by atoms with E-state index in [-0.39, 0.29) is 11.5 Å². The van der Waals surface area contributed by atoms with Gasteiger partial charge in [-0.1, -0.05) is 12.1 Å². The molecule has 24 heavy (non-hydrogen) atoms. The van der Waals surface area contributed by atoms with Crippen LogP contribution in [0.1, 0.15) is 39.1 Å². The van der Waals surface area contributed by atoms with Crippen molar-refractivity contribution in [1.29, 1.82) is 0 Å². The lowest BCUT2D eigenvalue weighted by Gasteiger charge is -2.17. The Morgan fingerprint density at radius 3 is 2.33 bits per heavy atom. The third-order valence-corrected chi connectivity index (χ3v) is 4.34. The Morgan fingerprint density at radius 2 is 1.71 bits per heavy atom. The van der Waals surface area contributed by atoms with Crippen molar-refractivity contribution in [3.05, 3.63) is 53.1 Å². The number of hydrogen-bond donors (Lipinski definition) is 2. The van der Waals surface area contributed by atoms with Crippen molar-refractivity contribution in [2.24, 2.45) is 0 Å². The van der Waals surface area contributed by atoms with Gasteiger partial charge in [0.25, 0.3) is 5.91 Å². The zero-order chi connectivity index (χ0) is 17.3. The lowest BCUT2D eigenvalue weighted by atomic mass is 9.97. The number of nitrogens with zero attached hydrogens (tertiary/aromatic N) is 1. The van der Waals surface area contributed by atoms with Gasteiger partial charge in [0, 0.05) is 29.9 Å². The topological polar surface area (TPSA) is 83.6 Å². The van der Waals surface area contributed by atoms with E-state index in [9.17, 15) is 14.7 Å². The molecule has 0 atom stereocenters. The molecule has 3 N–H and O–H groups in total. The number of carbonyl (C=O) groups is 2. The van der Waals surface area contributed by atoms with Crippen molar-refractivity contribution < 1.29 is 14.7 Å². The summed E-state index contributed by atoms with van der Waals surface area (Å²) >= 11 is 0. The molecule has 1 aliphatic rings. The molecule has 1 aliphatic heterocycles. The van der Waals surface area contributed by atoms with Gasteiger partial charge in [-0.25, -0.2) is 4.79 Å². The van der Waals surface area contributed by atoms with E-state index < -0.39 is 5.97 Å². The molecule has 0 unspecified atom stereocenters. The number of amides is 1. The number of aryl methyl sites for hydroxylation is 1. The number of anilines is 1. The number of likely N-dealkylation sites (tertiary alicyclic amines) is 1. The molecular formula is C19H20N2O3. The predicted molar refractivity (Wildman–Crippen MR) is 93.1 cm³/mol. The van der Waals surface area contributed by atoms with Gasteiger partial charge in [0.2, 0.25) is 0 Å². The third-order valence-electron chi connectivity index (χ3n) is 4.34. The van der Waals surface area contributed by atoms with Gasteiger partial charge in [-0.2, -0.15) is 0 Å². The second kappa shape index (κ2) is 6.35. The van der Waals surface area contributed by atoms with Crippen molar-refractivity contribution in [3.63, 3.8) is 0 Å². The molecule has 0 aliphatic carbocycles. The lowest BCUT2D eigenvalue weighted by Crippen LogP contribution is -2.27. The second-order valence-corrected chi connectivity index (χ2v) is 6.19. The lowest BCUT2D eigenvalue weighted by molar-refractivity contribution is 0.0697. The monoisotopic (exact) mass is 324 g/mol. The minimum atomic E-state index is -1.06. The van der Waals surface area contributed by atoms with Crippen LogP contribution in [0.2, 0.25) is 0 Å². The molecule has 0 radical (unpaired) electrons. The number of benzene rings is 2. The first-order valence-corrected chi connectivity index (χ1v) is 8.00. The molecule has 1 heterocycles. The molecule has 0 bridgehead atoms. The van der Waals surface area contributed by atoms with Crippen LogP contribution < -0.4 is 5.73 Å². The summed E-state index contributed by atoms with van der Waals surface area (Å²) in [7, 11) is 0. The van der Waals surface area contributed by atoms with E-state index in [1.807, 2.05) is 25.1 Å². The van der Waals surface area contributed by atoms with E-state index >= 15 is 0 Å². The molecule has 1 saturated heterocycles. The van der Waals surface area contributed by atoms with Crippen LogP contribution >= 0.6 is 0 Å². The zero-order valence-electron chi connectivity index (χ0n) is 13.6. The van der Waals surface area contributed by atoms with E-state index in [1.54, 1.807) is 17.0 Å². The molecule has 1 amide bonds. The fraction of sp³-hybridized carbons (Fsp3) is 0.263. The Morgan fingerprint density at radius 1 is 1.04 bits per heavy atom. The maximum atomic E-state index is 12.6. The SMILES string of the molecule is Cc1ccc(-c2cc(C(=O)O)cc(C(=O)N3CCCC3)c2)c(N)c1. The Bertz CT molecular complexity index is 808. The van der Waals surface area contributed by atoms with Crippen LogP contribution in [0.5, 0.6) is 0 Å². The average molecular weight is 324 g/mol. The molecule has 3 rings (SSSR count). The van der Waals surface area contributed by atoms with Crippen LogP contribution in [0.3, 0.4) is 0 Å². The quantitative estimate of drug-likeness (QED) is 0.849. The number of hydrogen-bond acceptors (Lipinski definition) is 3. The summed E-state index contributed by atoms with van der Waals surface area (Å²) in [5.41, 5.74) is 9.55. The molecule has 0 saturated carbocycles. The molecule has 0 spiro atoms. The van der Waals surface area contributed by atoms with E-state index in [2.05, 4.69) is 0 Å². The van der Waals surface area contributed by atoms with E-state index in [1.165, 1.54) is 6.07 Å². The van der Waals surface area contributed by atoms with Crippen LogP contribution in [0.25, 0.3) is 11.1 Å². The Kier molecular flexibility index (Phi) is 4.25. The Hall–Kier alpha value is -2.82. The predicted octanol–water partition coefficient (Wildman–Crippen LogP) is 3.18. The van der Waals surface area contributed by atoms with E-state index in [0.29, 0.717) is 16.8 Å². The van der Waals surface area contributed by atoms with E-state index in [4.69, 9.17) is 5.73 Å². The van der Waals surface area contributed by atoms with Crippen molar-refractivity contribution in [3.8, 4) is 11.1 Å². The maximum absolute atomic E-state index is 12.6. The van der Waals surface area contributed by atoms with Crippen molar-refractivity contribution in [2.75, 3.05) is 18.8 Å². The minimum Gasteiger partial charge on any atom is -0.478 e. The van der Waals surface area contributed by atoms with E-state index in [0.717, 1.165) is 37.1 Å². The maximum Gasteiger partial charge on any atom is 0.335 e. The number of carbonyl (C=O) groups excluding carboxylic acids is 1. The van der Waals surface area contributed by atoms with Crippen molar-refractivity contribution >= 4 is 17.6 Å². The zero-order valence-corrected chi connectivity index (χ0v) is 13.6. The molecule has 5 heteroatoms. The third kappa shape index (κ3) is 3.11. The highest BCUT2D eigenvalue weighted by molar-refractivity contribution is 6.00. The number of nitrogens with two attached hydrogens (primary N) is 1. The molecule has 2 aromatic carbocycles. The molecule has 0 aromatic heterocycles. The van der Waals surface area contributed by atoms with Crippen LogP contribution in [0, 0.1) is 6.92 Å². The summed E-state index contributed by atoms with van der Waals surface area (Å²) < 4.78 is 0. The smallest absolute Gasteiger partial charge is 0.335 e. The van der Waals surface area contributed by atoms with Crippen LogP contribution in [-0.2, 0) is 0 Å². The molecule has 5 nitrogen and oxygen atoms in total. The van der Waals surface area contributed by atoms with Crippen LogP contribution in [0.15, 0.2) is 36.4 Å². The summed E-state index contributed by atoms with van der Waals surface area (Å²) in [5, 5.41) is 9.38. The van der Waals surface area contributed by atoms with Crippen molar-refractivity contribution in [1.82, 2.24) is 4.90 Å². The van der Waals surface area contributed by atoms with Gasteiger partial charge in [0.1, 0.15) is 0 Å². The average Bonchev–Trinajstić information content (AvgIpc) is 3.08. The van der Waals surface area contributed by atoms with Gasteiger partial charge in [-0.05, 0) is 55.2 Å². The summed E-state index contributed by atoms with van der Waals surface area (Å²) in [5.74, 6) is -1.18. The minimum absolute atomic E-state index is 0.0926. The highest BCUT2D eigenvalue weighted by Crippen LogP contribution is 2.29. The largest absolute Gasteiger partial charge is 0.478 e. The van der Waals surface area contributed by atoms with Gasteiger partial charge < -0.3 is 15.7 Å². The van der Waals surface area contributed by atoms with Gasteiger partial charge in [0.05, 0.1) is 5.56 Å². The van der Waals surface area contributed by atoms with Gasteiger partial charge in [0.15, 0.2) is 0 Å². The summed E-state index contributed by atoms with van der Waals surface area (Å²) in [6.07, 6.45) is 1.98. The number of carboxylic acids is 1. The first-order valence-electron chi connectivity index (χ1n) is 8.00. The first kappa shape index (κ1) is 16.1. The fourth-order valence-electron chi connectivity index (χ4n) is 3.08. The number of carboxylic acid groups (broad SMARTS) is 1. The van der Waals surface area contributed by atoms with Crippen molar-refractivity contribution in [2.45, 2.75) is 19.8 Å². The van der Waals surface area contributed by atoms with Gasteiger partial charge >= 0.3 is 5.97 Å². The number of aromatic carboxylic acids is 1. The Labute approximate surface area is 140 Å². The summed E-state index contributed by atoms with van der Waals surface area (Å²) in [4.78, 5) is 25.9. The summed E-state index contributed by atoms with van der Waals surface area (Å²) in [6.45, 7) is 3.38. The van der Waals surface area contributed by atoms with Gasteiger partial charge in [-0.3, -0.25) is 4.79 Å². The number of rotatable bonds is 3. The normalized spacial score (nSPS) is 14.0. The van der Waals surface area contributed by atoms with Crippen LogP contribution in [0.4, 0.5) is 5.69 Å². The fourth-order valence-corrected chi connectivity index (χ4v) is 3.08. The second-order valence-electron chi connectivity index (χ2n) is 6.19. The highest BCUT2D eigenvalue weighted by atomic mass is 16.4. The van der Waals surface area contributed by atoms with Gasteiger partial charge in [-0.15, -0.1) is 0 Å². The summed E-state index contributed by atoms with van der Waals surface area (Å²) in [6, 6.07) is 10.3. The molecule has 1 fully saturated rings. The first-order chi connectivity index (χ1) is 11.5. The number of nitrogen functional groups attached to an aromatic ring is 1. The Balaban J connectivity index is 2.09. The molecular weight excluding hydrogens is 304 g/mol. The standard InChI is InChI=1S/C19H20N2O3/c1-12-4-5-16(17(20)8-12)13-9-14(11-15(10-13)19(23)24)18(22)21-6-2-3-7-21/h4-5,8-11H,2-3,6-7,20H2,1H3,(H,23,24). The van der Waals surface area contributed by atoms with Crippen LogP contribution in [-0.4, -0.2) is 35.0 Å².